The SMILES string of the molecule is CC(C)(C)CC(C)(C)COC(C(=O)O)C(OCC(C)(C)CC(C)(C)O)C(=O)O. The Morgan fingerprint density at radius 2 is 1.04 bits per heavy atom. The van der Waals surface area contributed by atoms with E-state index in [1.807, 2.05) is 27.7 Å². The fourth-order valence-electron chi connectivity index (χ4n) is 3.92. The van der Waals surface area contributed by atoms with E-state index in [1.54, 1.807) is 13.8 Å². The molecule has 7 heteroatoms. The van der Waals surface area contributed by atoms with Gasteiger partial charge in [0, 0.05) is 0 Å². The third kappa shape index (κ3) is 11.6. The molecule has 28 heavy (non-hydrogen) atoms. The van der Waals surface area contributed by atoms with Gasteiger partial charge in [0.25, 0.3) is 0 Å². The molecule has 0 rings (SSSR count). The van der Waals surface area contributed by atoms with Crippen molar-refractivity contribution in [1.82, 2.24) is 0 Å². The van der Waals surface area contributed by atoms with Crippen LogP contribution in [0.4, 0.5) is 0 Å². The number of carboxylic acids is 2. The van der Waals surface area contributed by atoms with E-state index in [4.69, 9.17) is 9.47 Å². The minimum absolute atomic E-state index is 0.0213. The van der Waals surface area contributed by atoms with Crippen molar-refractivity contribution in [3.63, 3.8) is 0 Å². The van der Waals surface area contributed by atoms with Gasteiger partial charge in [-0.2, -0.15) is 0 Å². The highest BCUT2D eigenvalue weighted by Gasteiger charge is 2.39. The summed E-state index contributed by atoms with van der Waals surface area (Å²) in [7, 11) is 0. The lowest BCUT2D eigenvalue weighted by molar-refractivity contribution is -0.183. The molecule has 0 saturated heterocycles. The van der Waals surface area contributed by atoms with Gasteiger partial charge < -0.3 is 24.8 Å². The van der Waals surface area contributed by atoms with E-state index >= 15 is 0 Å². The number of aliphatic carboxylic acids is 2. The van der Waals surface area contributed by atoms with Crippen LogP contribution in [0.15, 0.2) is 0 Å². The first-order valence-electron chi connectivity index (χ1n) is 9.66. The maximum atomic E-state index is 11.7. The number of hydrogen-bond acceptors (Lipinski definition) is 5. The smallest absolute Gasteiger partial charge is 0.336 e. The van der Waals surface area contributed by atoms with E-state index in [2.05, 4.69) is 20.8 Å². The van der Waals surface area contributed by atoms with Gasteiger partial charge in [-0.15, -0.1) is 0 Å². The van der Waals surface area contributed by atoms with E-state index in [0.29, 0.717) is 6.42 Å². The van der Waals surface area contributed by atoms with E-state index in [1.165, 1.54) is 0 Å². The summed E-state index contributed by atoms with van der Waals surface area (Å²) >= 11 is 0. The Kier molecular flexibility index (Phi) is 9.14. The van der Waals surface area contributed by atoms with Crippen molar-refractivity contribution in [2.24, 2.45) is 16.2 Å². The predicted molar refractivity (Wildman–Crippen MR) is 107 cm³/mol. The van der Waals surface area contributed by atoms with Gasteiger partial charge in [-0.25, -0.2) is 9.59 Å². The van der Waals surface area contributed by atoms with E-state index in [9.17, 15) is 24.9 Å². The van der Waals surface area contributed by atoms with Crippen molar-refractivity contribution in [3.05, 3.63) is 0 Å². The van der Waals surface area contributed by atoms with Crippen molar-refractivity contribution >= 4 is 11.9 Å². The first-order valence-corrected chi connectivity index (χ1v) is 9.66. The number of carbonyl (C=O) groups is 2. The van der Waals surface area contributed by atoms with Crippen LogP contribution in [-0.4, -0.2) is 58.3 Å². The second kappa shape index (κ2) is 9.55. The molecular weight excluding hydrogens is 364 g/mol. The summed E-state index contributed by atoms with van der Waals surface area (Å²) in [5, 5.41) is 29.1. The average molecular weight is 405 g/mol. The number of rotatable bonds is 12. The largest absolute Gasteiger partial charge is 0.479 e. The van der Waals surface area contributed by atoms with Crippen LogP contribution < -0.4 is 0 Å². The minimum Gasteiger partial charge on any atom is -0.479 e. The van der Waals surface area contributed by atoms with Crippen LogP contribution in [0.25, 0.3) is 0 Å². The van der Waals surface area contributed by atoms with Gasteiger partial charge in [0.1, 0.15) is 0 Å². The molecule has 166 valence electrons. The van der Waals surface area contributed by atoms with Gasteiger partial charge in [0.2, 0.25) is 0 Å². The van der Waals surface area contributed by atoms with Gasteiger partial charge in [0.15, 0.2) is 12.2 Å². The zero-order chi connectivity index (χ0) is 22.6. The van der Waals surface area contributed by atoms with Crippen LogP contribution in [0.2, 0.25) is 0 Å². The molecule has 0 heterocycles. The molecule has 0 aromatic heterocycles. The molecule has 0 saturated carbocycles. The third-order valence-electron chi connectivity index (χ3n) is 3.99. The predicted octanol–water partition coefficient (Wildman–Crippen LogP) is 3.58. The number of carboxylic acid groups (broad SMARTS) is 2. The highest BCUT2D eigenvalue weighted by molar-refractivity contribution is 5.83. The van der Waals surface area contributed by atoms with E-state index in [-0.39, 0.29) is 24.0 Å². The molecular formula is C21H40O7. The van der Waals surface area contributed by atoms with Crippen LogP contribution in [0.1, 0.15) is 75.2 Å². The van der Waals surface area contributed by atoms with Crippen LogP contribution in [0, 0.1) is 16.2 Å². The van der Waals surface area contributed by atoms with Gasteiger partial charge in [-0.3, -0.25) is 0 Å². The summed E-state index contributed by atoms with van der Waals surface area (Å²) in [6.45, 7) is 17.2. The molecule has 0 radical (unpaired) electrons. The molecule has 0 bridgehead atoms. The Bertz CT molecular complexity index is 476. The Labute approximate surface area is 169 Å². The lowest BCUT2D eigenvalue weighted by Gasteiger charge is -2.35. The summed E-state index contributed by atoms with van der Waals surface area (Å²) in [6, 6.07) is 0. The Balaban J connectivity index is 5.20. The molecule has 0 aromatic rings. The number of aliphatic hydroxyl groups is 1. The van der Waals surface area contributed by atoms with Crippen LogP contribution in [0.5, 0.6) is 0 Å². The fourth-order valence-corrected chi connectivity index (χ4v) is 3.92. The summed E-state index contributed by atoms with van der Waals surface area (Å²) in [4.78, 5) is 23.4. The highest BCUT2D eigenvalue weighted by Crippen LogP contribution is 2.34. The Morgan fingerprint density at radius 3 is 1.29 bits per heavy atom. The summed E-state index contributed by atoms with van der Waals surface area (Å²) in [6.07, 6.45) is -2.11. The van der Waals surface area contributed by atoms with E-state index in [0.717, 1.165) is 6.42 Å². The summed E-state index contributed by atoms with van der Waals surface area (Å²) < 4.78 is 11.0. The van der Waals surface area contributed by atoms with Crippen LogP contribution >= 0.6 is 0 Å². The zero-order valence-electron chi connectivity index (χ0n) is 19.0. The standard InChI is InChI=1S/C21H40O7/c1-18(2,3)10-19(4,5)12-27-14(16(22)23)15(17(24)25)28-13-20(6,7)11-21(8,9)26/h14-15,26H,10-13H2,1-9H3,(H,22,23)(H,24,25). The molecule has 0 amide bonds. The Hall–Kier alpha value is -1.18. The molecule has 0 aromatic carbocycles. The van der Waals surface area contributed by atoms with Crippen molar-refractivity contribution in [2.75, 3.05) is 13.2 Å². The molecule has 3 N–H and O–H groups in total. The molecule has 0 aliphatic heterocycles. The molecule has 0 aliphatic rings. The Morgan fingerprint density at radius 1 is 0.714 bits per heavy atom. The van der Waals surface area contributed by atoms with Gasteiger partial charge >= 0.3 is 11.9 Å². The van der Waals surface area contributed by atoms with Gasteiger partial charge in [-0.1, -0.05) is 48.5 Å². The normalized spacial score (nSPS) is 15.9. The zero-order valence-corrected chi connectivity index (χ0v) is 19.0. The summed E-state index contributed by atoms with van der Waals surface area (Å²) in [5.74, 6) is -2.76. The molecule has 2 unspecified atom stereocenters. The van der Waals surface area contributed by atoms with Crippen molar-refractivity contribution in [3.8, 4) is 0 Å². The molecule has 0 aliphatic carbocycles. The summed E-state index contributed by atoms with van der Waals surface area (Å²) in [5.41, 5.74) is -1.80. The van der Waals surface area contributed by atoms with Gasteiger partial charge in [0.05, 0.1) is 18.8 Å². The quantitative estimate of drug-likeness (QED) is 0.455. The molecule has 0 spiro atoms. The highest BCUT2D eigenvalue weighted by atomic mass is 16.6. The molecule has 0 fully saturated rings. The topological polar surface area (TPSA) is 113 Å². The van der Waals surface area contributed by atoms with Crippen molar-refractivity contribution in [2.45, 2.75) is 93.0 Å². The first kappa shape index (κ1) is 26.8. The second-order valence-corrected chi connectivity index (χ2v) is 11.2. The second-order valence-electron chi connectivity index (χ2n) is 11.2. The van der Waals surface area contributed by atoms with E-state index < -0.39 is 35.2 Å². The average Bonchev–Trinajstić information content (AvgIpc) is 2.35. The lowest BCUT2D eigenvalue weighted by atomic mass is 9.77. The first-order chi connectivity index (χ1) is 12.2. The number of hydrogen-bond donors (Lipinski definition) is 3. The van der Waals surface area contributed by atoms with Crippen LogP contribution in [-0.2, 0) is 19.1 Å². The monoisotopic (exact) mass is 404 g/mol. The lowest BCUT2D eigenvalue weighted by Crippen LogP contribution is -2.46. The van der Waals surface area contributed by atoms with Gasteiger partial charge in [-0.05, 0) is 42.9 Å². The minimum atomic E-state index is -1.64. The van der Waals surface area contributed by atoms with Crippen LogP contribution in [0.3, 0.4) is 0 Å². The van der Waals surface area contributed by atoms with Crippen molar-refractivity contribution in [1.29, 1.82) is 0 Å². The fraction of sp³-hybridized carbons (Fsp3) is 0.905. The third-order valence-corrected chi connectivity index (χ3v) is 3.99. The molecule has 7 nitrogen and oxygen atoms in total. The molecule has 2 atom stereocenters. The number of ether oxygens (including phenoxy) is 2. The maximum absolute atomic E-state index is 11.7. The maximum Gasteiger partial charge on any atom is 0.336 e. The van der Waals surface area contributed by atoms with Crippen molar-refractivity contribution < 1.29 is 34.4 Å².